The van der Waals surface area contributed by atoms with Crippen molar-refractivity contribution in [1.29, 1.82) is 0 Å². The van der Waals surface area contributed by atoms with Gasteiger partial charge in [-0.25, -0.2) is 0 Å². The van der Waals surface area contributed by atoms with Crippen molar-refractivity contribution in [3.05, 3.63) is 71.3 Å². The standard InChI is InChI=1S/C24H26F3N5O/c1-16-6-4-14-31(20(16)11-10-19-9-8-18(15-28-19)24(25,26)27)23(33)22-17(2)5-3-7-21(22)32-29-12-13-30-32/h3,5,7-9,12-13,15-16,20H,4,6,10-11,14H2,1-2H3/t16-,20-/m1/s1. The second kappa shape index (κ2) is 9.33. The molecule has 33 heavy (non-hydrogen) atoms. The van der Waals surface area contributed by atoms with Crippen molar-refractivity contribution in [3.63, 3.8) is 0 Å². The monoisotopic (exact) mass is 457 g/mol. The van der Waals surface area contributed by atoms with Crippen LogP contribution in [-0.2, 0) is 12.6 Å². The minimum absolute atomic E-state index is 0.0339. The van der Waals surface area contributed by atoms with Crippen molar-refractivity contribution >= 4 is 5.91 Å². The Bertz CT molecular complexity index is 1100. The van der Waals surface area contributed by atoms with Crippen molar-refractivity contribution in [2.45, 2.75) is 51.7 Å². The zero-order chi connectivity index (χ0) is 23.6. The molecule has 0 spiro atoms. The number of nitrogens with zero attached hydrogens (tertiary/aromatic N) is 5. The second-order valence-electron chi connectivity index (χ2n) is 8.55. The van der Waals surface area contributed by atoms with Crippen LogP contribution in [0.2, 0.25) is 0 Å². The molecular formula is C24H26F3N5O. The summed E-state index contributed by atoms with van der Waals surface area (Å²) in [4.78, 5) is 21.1. The highest BCUT2D eigenvalue weighted by Gasteiger charge is 2.34. The molecule has 0 N–H and O–H groups in total. The number of carbonyl (C=O) groups excluding carboxylic acids is 1. The lowest BCUT2D eigenvalue weighted by molar-refractivity contribution is -0.137. The van der Waals surface area contributed by atoms with Crippen LogP contribution in [0.3, 0.4) is 0 Å². The Kier molecular flexibility index (Phi) is 6.49. The van der Waals surface area contributed by atoms with Crippen LogP contribution < -0.4 is 0 Å². The van der Waals surface area contributed by atoms with Gasteiger partial charge in [0.05, 0.1) is 29.2 Å². The van der Waals surface area contributed by atoms with Gasteiger partial charge in [0.2, 0.25) is 0 Å². The van der Waals surface area contributed by atoms with Crippen molar-refractivity contribution < 1.29 is 18.0 Å². The van der Waals surface area contributed by atoms with Crippen LogP contribution in [0.1, 0.15) is 53.4 Å². The third kappa shape index (κ3) is 4.91. The molecule has 4 rings (SSSR count). The highest BCUT2D eigenvalue weighted by Crippen LogP contribution is 2.31. The van der Waals surface area contributed by atoms with Gasteiger partial charge in [0.1, 0.15) is 0 Å². The van der Waals surface area contributed by atoms with Gasteiger partial charge in [-0.1, -0.05) is 19.1 Å². The van der Waals surface area contributed by atoms with Crippen molar-refractivity contribution in [2.24, 2.45) is 5.92 Å². The Morgan fingerprint density at radius 1 is 1.15 bits per heavy atom. The van der Waals surface area contributed by atoms with Crippen LogP contribution in [-0.4, -0.2) is 43.4 Å². The van der Waals surface area contributed by atoms with E-state index >= 15 is 0 Å². The summed E-state index contributed by atoms with van der Waals surface area (Å²) in [6.07, 6.45) is 2.64. The Balaban J connectivity index is 1.56. The largest absolute Gasteiger partial charge is 0.417 e. The lowest BCUT2D eigenvalue weighted by Gasteiger charge is -2.40. The minimum atomic E-state index is -4.40. The van der Waals surface area contributed by atoms with E-state index < -0.39 is 11.7 Å². The van der Waals surface area contributed by atoms with E-state index in [1.807, 2.05) is 30.0 Å². The maximum Gasteiger partial charge on any atom is 0.417 e. The van der Waals surface area contributed by atoms with Crippen LogP contribution in [0, 0.1) is 12.8 Å². The molecule has 0 radical (unpaired) electrons. The Hall–Kier alpha value is -3.23. The molecule has 3 aromatic rings. The minimum Gasteiger partial charge on any atom is -0.335 e. The SMILES string of the molecule is Cc1cccc(-n2nccn2)c1C(=O)N1CCC[C@@H](C)[C@H]1CCc1ccc(C(F)(F)F)cn1. The number of aryl methyl sites for hydroxylation is 2. The number of pyridine rings is 1. The highest BCUT2D eigenvalue weighted by molar-refractivity contribution is 5.99. The molecule has 0 unspecified atom stereocenters. The van der Waals surface area contributed by atoms with Gasteiger partial charge in [0, 0.05) is 24.5 Å². The first-order valence-corrected chi connectivity index (χ1v) is 11.0. The zero-order valence-electron chi connectivity index (χ0n) is 18.6. The van der Waals surface area contributed by atoms with E-state index in [0.717, 1.165) is 30.7 Å². The number of hydrogen-bond acceptors (Lipinski definition) is 4. The van der Waals surface area contributed by atoms with E-state index in [4.69, 9.17) is 0 Å². The fraction of sp³-hybridized carbons (Fsp3) is 0.417. The summed E-state index contributed by atoms with van der Waals surface area (Å²) in [5.41, 5.74) is 1.88. The maximum atomic E-state index is 13.8. The van der Waals surface area contributed by atoms with Gasteiger partial charge in [-0.3, -0.25) is 9.78 Å². The van der Waals surface area contributed by atoms with Crippen molar-refractivity contribution in [2.75, 3.05) is 6.54 Å². The van der Waals surface area contributed by atoms with E-state index in [0.29, 0.717) is 36.3 Å². The van der Waals surface area contributed by atoms with E-state index in [1.165, 1.54) is 10.9 Å². The molecule has 0 saturated carbocycles. The van der Waals surface area contributed by atoms with Crippen molar-refractivity contribution in [3.8, 4) is 5.69 Å². The Morgan fingerprint density at radius 3 is 2.58 bits per heavy atom. The van der Waals surface area contributed by atoms with Gasteiger partial charge in [-0.15, -0.1) is 0 Å². The quantitative estimate of drug-likeness (QED) is 0.549. The predicted molar refractivity (Wildman–Crippen MR) is 117 cm³/mol. The predicted octanol–water partition coefficient (Wildman–Crippen LogP) is 4.86. The summed E-state index contributed by atoms with van der Waals surface area (Å²) in [6.45, 7) is 4.65. The molecule has 0 bridgehead atoms. The average Bonchev–Trinajstić information content (AvgIpc) is 3.32. The molecule has 1 fully saturated rings. The van der Waals surface area contributed by atoms with Gasteiger partial charge in [-0.2, -0.15) is 28.2 Å². The Labute approximate surface area is 190 Å². The van der Waals surface area contributed by atoms with Gasteiger partial charge < -0.3 is 4.90 Å². The van der Waals surface area contributed by atoms with Crippen molar-refractivity contribution in [1.82, 2.24) is 24.9 Å². The van der Waals surface area contributed by atoms with Gasteiger partial charge in [-0.05, 0) is 62.3 Å². The molecule has 2 atom stereocenters. The maximum absolute atomic E-state index is 13.8. The topological polar surface area (TPSA) is 63.9 Å². The molecule has 1 aliphatic heterocycles. The fourth-order valence-corrected chi connectivity index (χ4v) is 4.56. The molecule has 0 aliphatic carbocycles. The van der Waals surface area contributed by atoms with Crippen LogP contribution in [0.5, 0.6) is 0 Å². The molecule has 1 amide bonds. The normalized spacial score (nSPS) is 19.0. The van der Waals surface area contributed by atoms with E-state index in [-0.39, 0.29) is 17.9 Å². The number of rotatable bonds is 5. The third-order valence-electron chi connectivity index (χ3n) is 6.32. The average molecular weight is 458 g/mol. The van der Waals surface area contributed by atoms with E-state index in [1.54, 1.807) is 12.4 Å². The fourth-order valence-electron chi connectivity index (χ4n) is 4.56. The summed E-state index contributed by atoms with van der Waals surface area (Å²) in [6, 6.07) is 8.05. The summed E-state index contributed by atoms with van der Waals surface area (Å²) in [5, 5.41) is 8.39. The first kappa shape index (κ1) is 22.9. The van der Waals surface area contributed by atoms with E-state index in [9.17, 15) is 18.0 Å². The lowest BCUT2D eigenvalue weighted by Crippen LogP contribution is -2.48. The molecule has 1 aromatic carbocycles. The molecule has 9 heteroatoms. The van der Waals surface area contributed by atoms with E-state index in [2.05, 4.69) is 22.1 Å². The number of carbonyl (C=O) groups is 1. The lowest BCUT2D eigenvalue weighted by atomic mass is 9.86. The van der Waals surface area contributed by atoms with Crippen LogP contribution in [0.4, 0.5) is 13.2 Å². The number of benzene rings is 1. The zero-order valence-corrected chi connectivity index (χ0v) is 18.6. The molecular weight excluding hydrogens is 431 g/mol. The number of aromatic nitrogens is 4. The second-order valence-corrected chi connectivity index (χ2v) is 8.55. The number of halogens is 3. The first-order chi connectivity index (χ1) is 15.8. The number of hydrogen-bond donors (Lipinski definition) is 0. The smallest absolute Gasteiger partial charge is 0.335 e. The van der Waals surface area contributed by atoms with Gasteiger partial charge >= 0.3 is 6.18 Å². The Morgan fingerprint density at radius 2 is 1.91 bits per heavy atom. The number of piperidine rings is 1. The summed E-state index contributed by atoms with van der Waals surface area (Å²) in [7, 11) is 0. The number of amides is 1. The van der Waals surface area contributed by atoms with Gasteiger partial charge in [0.25, 0.3) is 5.91 Å². The molecule has 1 aliphatic rings. The number of likely N-dealkylation sites (tertiary alicyclic amines) is 1. The molecule has 6 nitrogen and oxygen atoms in total. The van der Waals surface area contributed by atoms with Crippen LogP contribution in [0.15, 0.2) is 48.9 Å². The first-order valence-electron chi connectivity index (χ1n) is 11.0. The summed E-state index contributed by atoms with van der Waals surface area (Å²) >= 11 is 0. The number of alkyl halides is 3. The van der Waals surface area contributed by atoms with Gasteiger partial charge in [0.15, 0.2) is 0 Å². The third-order valence-corrected chi connectivity index (χ3v) is 6.32. The van der Waals surface area contributed by atoms with Crippen LogP contribution >= 0.6 is 0 Å². The van der Waals surface area contributed by atoms with Crippen LogP contribution in [0.25, 0.3) is 5.69 Å². The summed E-state index contributed by atoms with van der Waals surface area (Å²) in [5.74, 6) is 0.199. The highest BCUT2D eigenvalue weighted by atomic mass is 19.4. The molecule has 3 heterocycles. The molecule has 174 valence electrons. The molecule has 2 aromatic heterocycles. The summed E-state index contributed by atoms with van der Waals surface area (Å²) < 4.78 is 38.5. The molecule has 1 saturated heterocycles.